The zero-order chi connectivity index (χ0) is 18.8. The van der Waals surface area contributed by atoms with Crippen LogP contribution in [0.4, 0.5) is 0 Å². The smallest absolute Gasteiger partial charge is 0.118 e. The van der Waals surface area contributed by atoms with E-state index >= 15 is 0 Å². The Hall–Kier alpha value is -1.28. The van der Waals surface area contributed by atoms with Gasteiger partial charge >= 0.3 is 0 Å². The molecule has 2 aliphatic rings. The van der Waals surface area contributed by atoms with Gasteiger partial charge in [-0.15, -0.1) is 0 Å². The number of ether oxygens (including phenoxy) is 1. The second-order valence-electron chi connectivity index (χ2n) is 9.87. The monoisotopic (exact) mass is 355 g/mol. The standard InChI is InChI=1S/C24H37NO/c1-23(2)16-21(17-24(3,4)25-23)20-12-8-18(9-13-20)6-7-19-10-14-22(26-5)15-11-19/h6-7,10-11,14-15,18,20-21,25H,8-9,12-13,16-17H2,1-5H3/b7-6+. The minimum Gasteiger partial charge on any atom is -0.497 e. The van der Waals surface area contributed by atoms with Gasteiger partial charge < -0.3 is 10.1 Å². The van der Waals surface area contributed by atoms with E-state index in [9.17, 15) is 0 Å². The van der Waals surface area contributed by atoms with E-state index in [2.05, 4.69) is 57.3 Å². The lowest BCUT2D eigenvalue weighted by atomic mass is 9.66. The largest absolute Gasteiger partial charge is 0.497 e. The summed E-state index contributed by atoms with van der Waals surface area (Å²) in [5, 5.41) is 3.84. The molecule has 2 heteroatoms. The topological polar surface area (TPSA) is 21.3 Å². The number of rotatable bonds is 4. The van der Waals surface area contributed by atoms with Crippen molar-refractivity contribution in [2.45, 2.75) is 77.3 Å². The Balaban J connectivity index is 1.53. The maximum atomic E-state index is 5.23. The maximum absolute atomic E-state index is 5.23. The van der Waals surface area contributed by atoms with Crippen LogP contribution in [0.5, 0.6) is 5.75 Å². The van der Waals surface area contributed by atoms with Crippen molar-refractivity contribution in [3.8, 4) is 5.75 Å². The van der Waals surface area contributed by atoms with Gasteiger partial charge in [-0.2, -0.15) is 0 Å². The fraction of sp³-hybridized carbons (Fsp3) is 0.667. The average molecular weight is 356 g/mol. The number of allylic oxidation sites excluding steroid dienone is 1. The Labute approximate surface area is 160 Å². The molecular formula is C24H37NO. The molecule has 3 rings (SSSR count). The minimum atomic E-state index is 0.275. The summed E-state index contributed by atoms with van der Waals surface area (Å²) >= 11 is 0. The van der Waals surface area contributed by atoms with Crippen molar-refractivity contribution < 1.29 is 4.74 Å². The molecule has 2 nitrogen and oxygen atoms in total. The van der Waals surface area contributed by atoms with Crippen LogP contribution in [0.1, 0.15) is 71.8 Å². The number of nitrogens with one attached hydrogen (secondary N) is 1. The molecule has 2 fully saturated rings. The van der Waals surface area contributed by atoms with Gasteiger partial charge in [-0.05, 0) is 102 Å². The van der Waals surface area contributed by atoms with Crippen molar-refractivity contribution in [2.75, 3.05) is 7.11 Å². The first-order valence-corrected chi connectivity index (χ1v) is 10.4. The second kappa shape index (κ2) is 7.76. The zero-order valence-electron chi connectivity index (χ0n) is 17.3. The van der Waals surface area contributed by atoms with E-state index in [1.54, 1.807) is 7.11 Å². The average Bonchev–Trinajstić information content (AvgIpc) is 2.58. The quantitative estimate of drug-likeness (QED) is 0.707. The predicted molar refractivity (Wildman–Crippen MR) is 111 cm³/mol. The maximum Gasteiger partial charge on any atom is 0.118 e. The van der Waals surface area contributed by atoms with Crippen molar-refractivity contribution in [2.24, 2.45) is 17.8 Å². The van der Waals surface area contributed by atoms with Gasteiger partial charge in [-0.3, -0.25) is 0 Å². The van der Waals surface area contributed by atoms with Crippen LogP contribution in [-0.2, 0) is 0 Å². The van der Waals surface area contributed by atoms with Crippen LogP contribution < -0.4 is 10.1 Å². The van der Waals surface area contributed by atoms with Crippen LogP contribution in [0.25, 0.3) is 6.08 Å². The number of piperidine rings is 1. The molecule has 144 valence electrons. The first-order valence-electron chi connectivity index (χ1n) is 10.4. The van der Waals surface area contributed by atoms with Crippen LogP contribution in [0.3, 0.4) is 0 Å². The van der Waals surface area contributed by atoms with Crippen molar-refractivity contribution in [3.05, 3.63) is 35.9 Å². The number of hydrogen-bond acceptors (Lipinski definition) is 2. The van der Waals surface area contributed by atoms with E-state index in [1.807, 2.05) is 12.1 Å². The van der Waals surface area contributed by atoms with Gasteiger partial charge in [0, 0.05) is 11.1 Å². The summed E-state index contributed by atoms with van der Waals surface area (Å²) in [7, 11) is 1.72. The van der Waals surface area contributed by atoms with E-state index in [0.717, 1.165) is 23.5 Å². The van der Waals surface area contributed by atoms with Gasteiger partial charge in [0.15, 0.2) is 0 Å². The van der Waals surface area contributed by atoms with Gasteiger partial charge in [0.1, 0.15) is 5.75 Å². The normalized spacial score (nSPS) is 29.0. The summed E-state index contributed by atoms with van der Waals surface area (Å²) in [6, 6.07) is 8.36. The lowest BCUT2D eigenvalue weighted by molar-refractivity contribution is 0.0737. The van der Waals surface area contributed by atoms with E-state index in [4.69, 9.17) is 4.74 Å². The fourth-order valence-electron chi connectivity index (χ4n) is 5.51. The summed E-state index contributed by atoms with van der Waals surface area (Å²) in [4.78, 5) is 0. The van der Waals surface area contributed by atoms with Crippen molar-refractivity contribution in [1.29, 1.82) is 0 Å². The molecule has 1 saturated heterocycles. The molecular weight excluding hydrogens is 318 g/mol. The van der Waals surface area contributed by atoms with Gasteiger partial charge in [0.25, 0.3) is 0 Å². The number of benzene rings is 1. The fourth-order valence-corrected chi connectivity index (χ4v) is 5.51. The van der Waals surface area contributed by atoms with Crippen molar-refractivity contribution in [1.82, 2.24) is 5.32 Å². The minimum absolute atomic E-state index is 0.275. The van der Waals surface area contributed by atoms with Crippen molar-refractivity contribution in [3.63, 3.8) is 0 Å². The lowest BCUT2D eigenvalue weighted by Gasteiger charge is -2.49. The summed E-state index contributed by atoms with van der Waals surface area (Å²) in [5.74, 6) is 3.47. The highest BCUT2D eigenvalue weighted by Crippen LogP contribution is 2.43. The van der Waals surface area contributed by atoms with E-state index in [-0.39, 0.29) is 11.1 Å². The summed E-state index contributed by atoms with van der Waals surface area (Å²) in [6.45, 7) is 9.52. The van der Waals surface area contributed by atoms with Gasteiger partial charge in [-0.25, -0.2) is 0 Å². The molecule has 1 saturated carbocycles. The molecule has 1 aromatic rings. The molecule has 26 heavy (non-hydrogen) atoms. The highest BCUT2D eigenvalue weighted by atomic mass is 16.5. The Morgan fingerprint density at radius 2 is 1.46 bits per heavy atom. The predicted octanol–water partition coefficient (Wildman–Crippen LogP) is 6.07. The first kappa shape index (κ1) is 19.5. The van der Waals surface area contributed by atoms with Gasteiger partial charge in [-0.1, -0.05) is 24.3 Å². The SMILES string of the molecule is COc1ccc(/C=C/C2CCC(C3CC(C)(C)NC(C)(C)C3)CC2)cc1. The third kappa shape index (κ3) is 5.13. The number of hydrogen-bond donors (Lipinski definition) is 1. The van der Waals surface area contributed by atoms with Crippen molar-refractivity contribution >= 4 is 6.08 Å². The molecule has 0 aromatic heterocycles. The molecule has 0 unspecified atom stereocenters. The Morgan fingerprint density at radius 3 is 2.00 bits per heavy atom. The van der Waals surface area contributed by atoms with Crippen LogP contribution >= 0.6 is 0 Å². The molecule has 0 atom stereocenters. The number of methoxy groups -OCH3 is 1. The molecule has 1 aliphatic heterocycles. The van der Waals surface area contributed by atoms with Crippen LogP contribution in [-0.4, -0.2) is 18.2 Å². The second-order valence-corrected chi connectivity index (χ2v) is 9.87. The first-order chi connectivity index (χ1) is 12.3. The molecule has 1 N–H and O–H groups in total. The third-order valence-electron chi connectivity index (χ3n) is 6.38. The molecule has 1 aromatic carbocycles. The third-order valence-corrected chi connectivity index (χ3v) is 6.38. The molecule has 1 heterocycles. The highest BCUT2D eigenvalue weighted by molar-refractivity contribution is 5.50. The summed E-state index contributed by atoms with van der Waals surface area (Å²) in [5.41, 5.74) is 1.82. The van der Waals surface area contributed by atoms with Crippen LogP contribution in [0.2, 0.25) is 0 Å². The zero-order valence-corrected chi connectivity index (χ0v) is 17.3. The molecule has 0 amide bonds. The van der Waals surface area contributed by atoms with E-state index in [0.29, 0.717) is 0 Å². The highest BCUT2D eigenvalue weighted by Gasteiger charge is 2.41. The van der Waals surface area contributed by atoms with Gasteiger partial charge in [0.2, 0.25) is 0 Å². The summed E-state index contributed by atoms with van der Waals surface area (Å²) < 4.78 is 5.23. The molecule has 0 radical (unpaired) electrons. The summed E-state index contributed by atoms with van der Waals surface area (Å²) in [6.07, 6.45) is 12.9. The van der Waals surface area contributed by atoms with E-state index in [1.165, 1.54) is 44.1 Å². The molecule has 0 spiro atoms. The van der Waals surface area contributed by atoms with E-state index < -0.39 is 0 Å². The lowest BCUT2D eigenvalue weighted by Crippen LogP contribution is -2.58. The van der Waals surface area contributed by atoms with Crippen LogP contribution in [0, 0.1) is 17.8 Å². The molecule has 1 aliphatic carbocycles. The van der Waals surface area contributed by atoms with Gasteiger partial charge in [0.05, 0.1) is 7.11 Å². The molecule has 0 bridgehead atoms. The Morgan fingerprint density at radius 1 is 0.885 bits per heavy atom. The Kier molecular flexibility index (Phi) is 5.81. The Bertz CT molecular complexity index is 590. The van der Waals surface area contributed by atoms with Crippen LogP contribution in [0.15, 0.2) is 30.3 Å².